The first-order chi connectivity index (χ1) is 10.2. The summed E-state index contributed by atoms with van der Waals surface area (Å²) in [6.07, 6.45) is 0. The summed E-state index contributed by atoms with van der Waals surface area (Å²) in [7, 11) is 0. The van der Waals surface area contributed by atoms with E-state index < -0.39 is 5.95 Å². The molecule has 1 amide bonds. The van der Waals surface area contributed by atoms with Crippen LogP contribution in [-0.2, 0) is 6.54 Å². The van der Waals surface area contributed by atoms with Gasteiger partial charge in [0, 0.05) is 32.7 Å². The van der Waals surface area contributed by atoms with Gasteiger partial charge in [0.1, 0.15) is 5.69 Å². The van der Waals surface area contributed by atoms with E-state index in [9.17, 15) is 9.18 Å². The third-order valence-electron chi connectivity index (χ3n) is 3.58. The molecule has 0 saturated carbocycles. The maximum atomic E-state index is 13.1. The molecule has 0 N–H and O–H groups in total. The first kappa shape index (κ1) is 14.2. The maximum Gasteiger partial charge on any atom is 0.272 e. The van der Waals surface area contributed by atoms with Crippen LogP contribution in [0.4, 0.5) is 4.39 Å². The summed E-state index contributed by atoms with van der Waals surface area (Å²) in [6, 6.07) is 6.44. The fourth-order valence-electron chi connectivity index (χ4n) is 2.44. The Kier molecular flexibility index (Phi) is 4.26. The van der Waals surface area contributed by atoms with Gasteiger partial charge in [0.05, 0.1) is 0 Å². The molecule has 0 aliphatic carbocycles. The van der Waals surface area contributed by atoms with E-state index in [1.807, 2.05) is 0 Å². The Bertz CT molecular complexity index is 609. The van der Waals surface area contributed by atoms with E-state index in [1.54, 1.807) is 22.3 Å². The molecule has 1 fully saturated rings. The van der Waals surface area contributed by atoms with Gasteiger partial charge < -0.3 is 4.90 Å². The number of rotatable bonds is 3. The normalized spacial score (nSPS) is 16.1. The van der Waals surface area contributed by atoms with E-state index in [2.05, 4.69) is 26.7 Å². The summed E-state index contributed by atoms with van der Waals surface area (Å²) >= 11 is 1.70. The van der Waals surface area contributed by atoms with E-state index in [-0.39, 0.29) is 11.6 Å². The Morgan fingerprint density at radius 3 is 2.71 bits per heavy atom. The van der Waals surface area contributed by atoms with Crippen LogP contribution >= 0.6 is 11.3 Å². The topological polar surface area (TPSA) is 36.4 Å². The Morgan fingerprint density at radius 2 is 2.05 bits per heavy atom. The highest BCUT2D eigenvalue weighted by molar-refractivity contribution is 7.07. The number of halogens is 1. The van der Waals surface area contributed by atoms with Crippen molar-refractivity contribution in [2.24, 2.45) is 0 Å². The second-order valence-electron chi connectivity index (χ2n) is 5.05. The van der Waals surface area contributed by atoms with Crippen molar-refractivity contribution in [3.63, 3.8) is 0 Å². The van der Waals surface area contributed by atoms with Crippen molar-refractivity contribution in [1.82, 2.24) is 14.8 Å². The van der Waals surface area contributed by atoms with Crippen molar-refractivity contribution in [3.8, 4) is 0 Å². The first-order valence-corrected chi connectivity index (χ1v) is 7.82. The molecular formula is C15H16FN3OS. The van der Waals surface area contributed by atoms with E-state index in [0.29, 0.717) is 13.1 Å². The molecule has 4 nitrogen and oxygen atoms in total. The van der Waals surface area contributed by atoms with Crippen molar-refractivity contribution < 1.29 is 9.18 Å². The number of hydrogen-bond acceptors (Lipinski definition) is 4. The van der Waals surface area contributed by atoms with Crippen LogP contribution in [0, 0.1) is 5.95 Å². The summed E-state index contributed by atoms with van der Waals surface area (Å²) in [5, 5.41) is 4.22. The summed E-state index contributed by atoms with van der Waals surface area (Å²) in [5.74, 6) is -0.804. The van der Waals surface area contributed by atoms with Gasteiger partial charge in [0.15, 0.2) is 0 Å². The fourth-order valence-corrected chi connectivity index (χ4v) is 3.10. The molecule has 1 aliphatic rings. The largest absolute Gasteiger partial charge is 0.335 e. The molecule has 0 aromatic carbocycles. The molecule has 2 aromatic heterocycles. The predicted octanol–water partition coefficient (Wildman–Crippen LogP) is 2.24. The molecular weight excluding hydrogens is 289 g/mol. The number of thiophene rings is 1. The smallest absolute Gasteiger partial charge is 0.272 e. The Labute approximate surface area is 126 Å². The Hall–Kier alpha value is -1.79. The number of piperazine rings is 1. The quantitative estimate of drug-likeness (QED) is 0.816. The Balaban J connectivity index is 1.57. The number of hydrogen-bond donors (Lipinski definition) is 0. The maximum absolute atomic E-state index is 13.1. The molecule has 3 heterocycles. The van der Waals surface area contributed by atoms with Gasteiger partial charge in [-0.25, -0.2) is 4.98 Å². The minimum absolute atomic E-state index is 0.182. The van der Waals surface area contributed by atoms with Gasteiger partial charge in [-0.15, -0.1) is 0 Å². The van der Waals surface area contributed by atoms with Crippen molar-refractivity contribution in [2.75, 3.05) is 26.2 Å². The minimum Gasteiger partial charge on any atom is -0.335 e. The lowest BCUT2D eigenvalue weighted by Gasteiger charge is -2.34. The van der Waals surface area contributed by atoms with Crippen LogP contribution in [0.1, 0.15) is 16.1 Å². The highest BCUT2D eigenvalue weighted by atomic mass is 32.1. The van der Waals surface area contributed by atoms with Gasteiger partial charge in [-0.05, 0) is 34.5 Å². The number of nitrogens with zero attached hydrogens (tertiary/aromatic N) is 3. The molecule has 21 heavy (non-hydrogen) atoms. The number of pyridine rings is 1. The summed E-state index contributed by atoms with van der Waals surface area (Å²) in [4.78, 5) is 20.0. The molecule has 0 radical (unpaired) electrons. The average Bonchev–Trinajstić information content (AvgIpc) is 3.00. The van der Waals surface area contributed by atoms with E-state index in [4.69, 9.17) is 0 Å². The van der Waals surface area contributed by atoms with Gasteiger partial charge in [-0.3, -0.25) is 9.69 Å². The van der Waals surface area contributed by atoms with Crippen molar-refractivity contribution in [1.29, 1.82) is 0 Å². The highest BCUT2D eigenvalue weighted by Gasteiger charge is 2.23. The fraction of sp³-hybridized carbons (Fsp3) is 0.333. The van der Waals surface area contributed by atoms with Gasteiger partial charge in [-0.2, -0.15) is 15.7 Å². The highest BCUT2D eigenvalue weighted by Crippen LogP contribution is 2.13. The van der Waals surface area contributed by atoms with E-state index in [1.165, 1.54) is 17.7 Å². The van der Waals surface area contributed by atoms with Crippen LogP contribution in [-0.4, -0.2) is 46.9 Å². The molecule has 0 atom stereocenters. The van der Waals surface area contributed by atoms with Crippen molar-refractivity contribution in [3.05, 3.63) is 52.2 Å². The van der Waals surface area contributed by atoms with Crippen LogP contribution in [0.3, 0.4) is 0 Å². The van der Waals surface area contributed by atoms with Gasteiger partial charge in [-0.1, -0.05) is 6.07 Å². The van der Waals surface area contributed by atoms with Gasteiger partial charge in [0.25, 0.3) is 5.91 Å². The minimum atomic E-state index is -0.614. The lowest BCUT2D eigenvalue weighted by Crippen LogP contribution is -2.48. The summed E-state index contributed by atoms with van der Waals surface area (Å²) in [5.41, 5.74) is 1.49. The number of carbonyl (C=O) groups excluding carboxylic acids is 1. The molecule has 2 aromatic rings. The molecule has 1 saturated heterocycles. The van der Waals surface area contributed by atoms with Crippen molar-refractivity contribution >= 4 is 17.2 Å². The first-order valence-electron chi connectivity index (χ1n) is 6.87. The third kappa shape index (κ3) is 3.46. The van der Waals surface area contributed by atoms with Crippen LogP contribution in [0.15, 0.2) is 35.0 Å². The lowest BCUT2D eigenvalue weighted by atomic mass is 10.2. The Morgan fingerprint density at radius 1 is 1.24 bits per heavy atom. The molecule has 1 aliphatic heterocycles. The second-order valence-corrected chi connectivity index (χ2v) is 5.83. The molecule has 6 heteroatoms. The monoisotopic (exact) mass is 305 g/mol. The van der Waals surface area contributed by atoms with E-state index in [0.717, 1.165) is 19.6 Å². The third-order valence-corrected chi connectivity index (χ3v) is 4.31. The lowest BCUT2D eigenvalue weighted by molar-refractivity contribution is 0.0621. The van der Waals surface area contributed by atoms with Crippen LogP contribution in [0.25, 0.3) is 0 Å². The van der Waals surface area contributed by atoms with Crippen LogP contribution in [0.5, 0.6) is 0 Å². The van der Waals surface area contributed by atoms with Crippen LogP contribution in [0.2, 0.25) is 0 Å². The summed E-state index contributed by atoms with van der Waals surface area (Å²) in [6.45, 7) is 3.89. The standard InChI is InChI=1S/C15H16FN3OS/c16-14-3-1-2-13(17-14)15(20)19-7-5-18(6-8-19)10-12-4-9-21-11-12/h1-4,9,11H,5-8,10H2. The molecule has 0 unspecified atom stereocenters. The van der Waals surface area contributed by atoms with Gasteiger partial charge >= 0.3 is 0 Å². The van der Waals surface area contributed by atoms with Crippen molar-refractivity contribution in [2.45, 2.75) is 6.54 Å². The van der Waals surface area contributed by atoms with Crippen LogP contribution < -0.4 is 0 Å². The average molecular weight is 305 g/mol. The molecule has 3 rings (SSSR count). The zero-order chi connectivity index (χ0) is 14.7. The number of aromatic nitrogens is 1. The molecule has 0 spiro atoms. The second kappa shape index (κ2) is 6.32. The number of carbonyl (C=O) groups is 1. The number of amides is 1. The summed E-state index contributed by atoms with van der Waals surface area (Å²) < 4.78 is 13.1. The molecule has 110 valence electrons. The predicted molar refractivity (Wildman–Crippen MR) is 79.7 cm³/mol. The molecule has 0 bridgehead atoms. The zero-order valence-electron chi connectivity index (χ0n) is 11.5. The SMILES string of the molecule is O=C(c1cccc(F)n1)N1CCN(Cc2ccsc2)CC1. The zero-order valence-corrected chi connectivity index (χ0v) is 12.4. The van der Waals surface area contributed by atoms with Gasteiger partial charge in [0.2, 0.25) is 5.95 Å². The van der Waals surface area contributed by atoms with E-state index >= 15 is 0 Å².